The highest BCUT2D eigenvalue weighted by atomic mass is 35.5. The lowest BCUT2D eigenvalue weighted by Gasteiger charge is -2.31. The fourth-order valence-electron chi connectivity index (χ4n) is 4.09. The van der Waals surface area contributed by atoms with Crippen molar-refractivity contribution in [2.45, 2.75) is 51.4 Å². The number of carbonyl (C=O) groups is 1. The van der Waals surface area contributed by atoms with Gasteiger partial charge in [-0.25, -0.2) is 14.4 Å². The Morgan fingerprint density at radius 1 is 1.18 bits per heavy atom. The minimum Gasteiger partial charge on any atom is -0.493 e. The highest BCUT2D eigenvalue weighted by Gasteiger charge is 2.20. The molecule has 2 aromatic rings. The van der Waals surface area contributed by atoms with Crippen molar-refractivity contribution in [3.05, 3.63) is 47.0 Å². The number of benzene rings is 1. The molecule has 2 heterocycles. The van der Waals surface area contributed by atoms with Gasteiger partial charge in [-0.15, -0.1) is 0 Å². The van der Waals surface area contributed by atoms with Crippen LogP contribution in [0.4, 0.5) is 10.3 Å². The molecule has 1 aromatic carbocycles. The van der Waals surface area contributed by atoms with Crippen molar-refractivity contribution >= 4 is 23.5 Å². The quantitative estimate of drug-likeness (QED) is 0.408. The van der Waals surface area contributed by atoms with E-state index in [1.54, 1.807) is 24.5 Å². The fraction of sp³-hybridized carbons (Fsp3) is 0.560. The minimum absolute atomic E-state index is 0.00583. The third-order valence-corrected chi connectivity index (χ3v) is 6.26. The first-order valence-corrected chi connectivity index (χ1v) is 12.4. The highest BCUT2D eigenvalue weighted by molar-refractivity contribution is 6.30. The molecule has 1 amide bonds. The van der Waals surface area contributed by atoms with Crippen LogP contribution in [0.25, 0.3) is 0 Å². The van der Waals surface area contributed by atoms with Gasteiger partial charge in [0.1, 0.15) is 11.6 Å². The summed E-state index contributed by atoms with van der Waals surface area (Å²) < 4.78 is 20.1. The van der Waals surface area contributed by atoms with Gasteiger partial charge in [0.15, 0.2) is 0 Å². The number of nitrogens with one attached hydrogen (secondary N) is 1. The number of ether oxygens (including phenoxy) is 1. The summed E-state index contributed by atoms with van der Waals surface area (Å²) in [5.41, 5.74) is 0.358. The average molecular weight is 493 g/mol. The van der Waals surface area contributed by atoms with Crippen LogP contribution < -0.4 is 15.0 Å². The zero-order valence-electron chi connectivity index (χ0n) is 19.5. The molecule has 7 nitrogen and oxygen atoms in total. The van der Waals surface area contributed by atoms with E-state index < -0.39 is 5.82 Å². The summed E-state index contributed by atoms with van der Waals surface area (Å²) in [6.45, 7) is 3.09. The standard InChI is InChI=1S/C25H34ClFN4O3/c26-21-17-29-25(30-18-21)31-11-8-19(9-12-31)5-4-14-34-22-7-6-20(23(27)16-22)15-24(33)28-10-2-1-3-13-32/h6-7,16-19,32H,1-5,8-15H2,(H,28,33). The number of hydrogen-bond donors (Lipinski definition) is 2. The molecule has 0 bridgehead atoms. The van der Waals surface area contributed by atoms with Gasteiger partial charge in [-0.3, -0.25) is 4.79 Å². The molecular weight excluding hydrogens is 459 g/mol. The third kappa shape index (κ3) is 8.72. The lowest BCUT2D eigenvalue weighted by atomic mass is 9.92. The van der Waals surface area contributed by atoms with Crippen LogP contribution in [-0.4, -0.2) is 53.8 Å². The Bertz CT molecular complexity index is 892. The van der Waals surface area contributed by atoms with Crippen LogP contribution in [0.1, 0.15) is 50.5 Å². The highest BCUT2D eigenvalue weighted by Crippen LogP contribution is 2.25. The Kier molecular flexibility index (Phi) is 10.8. The second kappa shape index (κ2) is 14.1. The summed E-state index contributed by atoms with van der Waals surface area (Å²) in [4.78, 5) is 22.8. The van der Waals surface area contributed by atoms with Crippen LogP contribution in [-0.2, 0) is 11.2 Å². The lowest BCUT2D eigenvalue weighted by Crippen LogP contribution is -2.34. The molecule has 0 atom stereocenters. The molecular formula is C25H34ClFN4O3. The molecule has 0 aliphatic carbocycles. The first kappa shape index (κ1) is 26.2. The van der Waals surface area contributed by atoms with E-state index in [2.05, 4.69) is 20.2 Å². The molecule has 2 N–H and O–H groups in total. The van der Waals surface area contributed by atoms with Crippen LogP contribution in [0.2, 0.25) is 5.02 Å². The molecule has 1 fully saturated rings. The molecule has 1 aromatic heterocycles. The second-order valence-corrected chi connectivity index (χ2v) is 9.12. The van der Waals surface area contributed by atoms with Gasteiger partial charge in [0, 0.05) is 32.3 Å². The molecule has 0 spiro atoms. The molecule has 34 heavy (non-hydrogen) atoms. The van der Waals surface area contributed by atoms with Crippen molar-refractivity contribution in [3.8, 4) is 5.75 Å². The van der Waals surface area contributed by atoms with Crippen LogP contribution in [0, 0.1) is 11.7 Å². The van der Waals surface area contributed by atoms with Gasteiger partial charge in [0.2, 0.25) is 11.9 Å². The number of anilines is 1. The SMILES string of the molecule is O=C(Cc1ccc(OCCCC2CCN(c3ncc(Cl)cn3)CC2)cc1F)NCCCCCO. The Labute approximate surface area is 205 Å². The molecule has 3 rings (SSSR count). The predicted molar refractivity (Wildman–Crippen MR) is 131 cm³/mol. The number of aromatic nitrogens is 2. The molecule has 0 radical (unpaired) electrons. The van der Waals surface area contributed by atoms with E-state index >= 15 is 0 Å². The second-order valence-electron chi connectivity index (χ2n) is 8.69. The van der Waals surface area contributed by atoms with Crippen LogP contribution in [0.15, 0.2) is 30.6 Å². The number of nitrogens with zero attached hydrogens (tertiary/aromatic N) is 3. The van der Waals surface area contributed by atoms with Gasteiger partial charge in [-0.05, 0) is 62.5 Å². The molecule has 186 valence electrons. The Morgan fingerprint density at radius 3 is 2.65 bits per heavy atom. The van der Waals surface area contributed by atoms with E-state index in [0.29, 0.717) is 35.4 Å². The van der Waals surface area contributed by atoms with Gasteiger partial charge in [0.25, 0.3) is 0 Å². The predicted octanol–water partition coefficient (Wildman–Crippen LogP) is 4.17. The van der Waals surface area contributed by atoms with Crippen LogP contribution in [0.3, 0.4) is 0 Å². The number of aliphatic hydroxyl groups is 1. The molecule has 1 aliphatic heterocycles. The zero-order chi connectivity index (χ0) is 24.2. The number of unbranched alkanes of at least 4 members (excludes halogenated alkanes) is 2. The topological polar surface area (TPSA) is 87.6 Å². The van der Waals surface area contributed by atoms with Gasteiger partial charge < -0.3 is 20.1 Å². The maximum absolute atomic E-state index is 14.4. The van der Waals surface area contributed by atoms with Crippen LogP contribution in [0.5, 0.6) is 5.75 Å². The Hall–Kier alpha value is -2.45. The Morgan fingerprint density at radius 2 is 1.94 bits per heavy atom. The van der Waals surface area contributed by atoms with E-state index in [9.17, 15) is 9.18 Å². The normalized spacial score (nSPS) is 14.3. The van der Waals surface area contributed by atoms with E-state index in [-0.39, 0.29) is 18.9 Å². The number of halogens is 2. The Balaban J connectivity index is 1.31. The van der Waals surface area contributed by atoms with Crippen molar-refractivity contribution in [1.82, 2.24) is 15.3 Å². The molecule has 0 unspecified atom stereocenters. The summed E-state index contributed by atoms with van der Waals surface area (Å²) in [6.07, 6.45) is 9.78. The van der Waals surface area contributed by atoms with Gasteiger partial charge in [0.05, 0.1) is 30.4 Å². The summed E-state index contributed by atoms with van der Waals surface area (Å²) in [7, 11) is 0. The van der Waals surface area contributed by atoms with Gasteiger partial charge in [-0.1, -0.05) is 17.7 Å². The maximum Gasteiger partial charge on any atom is 0.225 e. The molecule has 9 heteroatoms. The molecule has 1 aliphatic rings. The lowest BCUT2D eigenvalue weighted by molar-refractivity contribution is -0.120. The van der Waals surface area contributed by atoms with E-state index in [4.69, 9.17) is 21.4 Å². The number of carbonyl (C=O) groups excluding carboxylic acids is 1. The van der Waals surface area contributed by atoms with Crippen molar-refractivity contribution in [1.29, 1.82) is 0 Å². The monoisotopic (exact) mass is 492 g/mol. The number of piperidine rings is 1. The number of rotatable bonds is 13. The minimum atomic E-state index is -0.426. The molecule has 1 saturated heterocycles. The number of aliphatic hydroxyl groups excluding tert-OH is 1. The van der Waals surface area contributed by atoms with Crippen molar-refractivity contribution < 1.29 is 19.0 Å². The summed E-state index contributed by atoms with van der Waals surface area (Å²) in [6, 6.07) is 4.69. The van der Waals surface area contributed by atoms with Crippen molar-refractivity contribution in [2.75, 3.05) is 37.7 Å². The van der Waals surface area contributed by atoms with Crippen LogP contribution >= 0.6 is 11.6 Å². The first-order valence-electron chi connectivity index (χ1n) is 12.1. The third-order valence-electron chi connectivity index (χ3n) is 6.06. The summed E-state index contributed by atoms with van der Waals surface area (Å²) >= 11 is 5.86. The van der Waals surface area contributed by atoms with E-state index in [1.165, 1.54) is 6.07 Å². The summed E-state index contributed by atoms with van der Waals surface area (Å²) in [5, 5.41) is 12.1. The van der Waals surface area contributed by atoms with E-state index in [1.807, 2.05) is 0 Å². The van der Waals surface area contributed by atoms with Crippen molar-refractivity contribution in [3.63, 3.8) is 0 Å². The van der Waals surface area contributed by atoms with Crippen molar-refractivity contribution in [2.24, 2.45) is 5.92 Å². The number of amides is 1. The fourth-order valence-corrected chi connectivity index (χ4v) is 4.19. The number of hydrogen-bond acceptors (Lipinski definition) is 6. The first-order chi connectivity index (χ1) is 16.5. The zero-order valence-corrected chi connectivity index (χ0v) is 20.3. The molecule has 0 saturated carbocycles. The van der Waals surface area contributed by atoms with Gasteiger partial charge >= 0.3 is 0 Å². The van der Waals surface area contributed by atoms with E-state index in [0.717, 1.165) is 64.0 Å². The van der Waals surface area contributed by atoms with Gasteiger partial charge in [-0.2, -0.15) is 0 Å². The smallest absolute Gasteiger partial charge is 0.225 e. The summed E-state index contributed by atoms with van der Waals surface area (Å²) in [5.74, 6) is 1.22. The average Bonchev–Trinajstić information content (AvgIpc) is 2.84. The maximum atomic E-state index is 14.4. The largest absolute Gasteiger partial charge is 0.493 e.